The van der Waals surface area contributed by atoms with E-state index in [2.05, 4.69) is 51.9 Å². The van der Waals surface area contributed by atoms with Crippen LogP contribution in [0.2, 0.25) is 0 Å². The topological polar surface area (TPSA) is 139 Å². The summed E-state index contributed by atoms with van der Waals surface area (Å²) in [5.74, 6) is 0.395. The van der Waals surface area contributed by atoms with Crippen LogP contribution in [0, 0.1) is 0 Å². The van der Waals surface area contributed by atoms with E-state index in [4.69, 9.17) is 9.72 Å². The number of pyridine rings is 1. The summed E-state index contributed by atoms with van der Waals surface area (Å²) in [6.07, 6.45) is 5.30. The highest BCUT2D eigenvalue weighted by molar-refractivity contribution is 6.02. The molecule has 2 aromatic carbocycles. The SMILES string of the molecule is CC(C)(C)c1ccc(NC(=O)Nc2cccc(-n3c(=O)c4cn[nH]c4c4cnc(NCC5CCCO5)nc43)c2)cc1. The number of anilines is 3. The fraction of sp³-hybridized carbons (Fsp3) is 0.300. The van der Waals surface area contributed by atoms with Crippen LogP contribution in [0.15, 0.2) is 65.7 Å². The molecule has 1 unspecified atom stereocenters. The molecule has 5 aromatic rings. The molecular formula is C30H32N8O3. The molecule has 0 aliphatic carbocycles. The number of urea groups is 1. The predicted octanol–water partition coefficient (Wildman–Crippen LogP) is 5.19. The third kappa shape index (κ3) is 5.48. The Morgan fingerprint density at radius 1 is 1.07 bits per heavy atom. The lowest BCUT2D eigenvalue weighted by Crippen LogP contribution is -2.23. The lowest BCUT2D eigenvalue weighted by atomic mass is 9.87. The number of ether oxygens (including phenoxy) is 1. The number of benzene rings is 2. The maximum atomic E-state index is 13.7. The van der Waals surface area contributed by atoms with Crippen molar-refractivity contribution in [3.63, 3.8) is 0 Å². The van der Waals surface area contributed by atoms with Gasteiger partial charge < -0.3 is 20.7 Å². The Morgan fingerprint density at radius 3 is 2.63 bits per heavy atom. The zero-order valence-corrected chi connectivity index (χ0v) is 23.2. The summed E-state index contributed by atoms with van der Waals surface area (Å²) >= 11 is 0. The Morgan fingerprint density at radius 2 is 1.88 bits per heavy atom. The molecule has 1 atom stereocenters. The standard InChI is InChI=1S/C30H32N8O3/c1-30(2,3)18-9-11-19(12-10-18)34-29(40)35-20-6-4-7-21(14-20)38-26-23(25-24(27(38)39)17-33-37-25)16-32-28(36-26)31-15-22-8-5-13-41-22/h4,6-7,9-12,14,16-17,22H,5,8,13,15H2,1-3H3,(H,33,37)(H,31,32,36)(H2,34,35,40). The van der Waals surface area contributed by atoms with Crippen LogP contribution in [0.25, 0.3) is 27.6 Å². The van der Waals surface area contributed by atoms with Crippen LogP contribution in [0.1, 0.15) is 39.2 Å². The minimum atomic E-state index is -0.393. The van der Waals surface area contributed by atoms with Gasteiger partial charge in [-0.25, -0.2) is 9.78 Å². The van der Waals surface area contributed by atoms with Crippen molar-refractivity contribution in [1.82, 2.24) is 24.7 Å². The van der Waals surface area contributed by atoms with Crippen molar-refractivity contribution in [3.05, 3.63) is 76.8 Å². The molecule has 1 aliphatic rings. The van der Waals surface area contributed by atoms with Gasteiger partial charge in [-0.15, -0.1) is 0 Å². The van der Waals surface area contributed by atoms with E-state index in [-0.39, 0.29) is 17.1 Å². The fourth-order valence-electron chi connectivity index (χ4n) is 4.99. The molecular weight excluding hydrogens is 520 g/mol. The molecule has 6 rings (SSSR count). The number of nitrogens with one attached hydrogen (secondary N) is 4. The van der Waals surface area contributed by atoms with Crippen LogP contribution in [0.4, 0.5) is 22.1 Å². The highest BCUT2D eigenvalue weighted by atomic mass is 16.5. The molecule has 3 aromatic heterocycles. The Hall–Kier alpha value is -4.77. The molecule has 11 heteroatoms. The first-order valence-corrected chi connectivity index (χ1v) is 13.7. The average molecular weight is 553 g/mol. The highest BCUT2D eigenvalue weighted by Crippen LogP contribution is 2.25. The summed E-state index contributed by atoms with van der Waals surface area (Å²) in [6.45, 7) is 7.76. The van der Waals surface area contributed by atoms with E-state index in [0.29, 0.717) is 51.5 Å². The zero-order valence-electron chi connectivity index (χ0n) is 23.2. The predicted molar refractivity (Wildman–Crippen MR) is 160 cm³/mol. The van der Waals surface area contributed by atoms with Gasteiger partial charge >= 0.3 is 6.03 Å². The van der Waals surface area contributed by atoms with Crippen molar-refractivity contribution < 1.29 is 9.53 Å². The van der Waals surface area contributed by atoms with Gasteiger partial charge in [0.25, 0.3) is 5.56 Å². The van der Waals surface area contributed by atoms with Gasteiger partial charge in [-0.3, -0.25) is 14.5 Å². The van der Waals surface area contributed by atoms with Gasteiger partial charge in [0, 0.05) is 30.7 Å². The van der Waals surface area contributed by atoms with Gasteiger partial charge in [0.1, 0.15) is 0 Å². The van der Waals surface area contributed by atoms with Crippen LogP contribution in [-0.4, -0.2) is 50.0 Å². The molecule has 1 fully saturated rings. The number of carbonyl (C=O) groups is 1. The summed E-state index contributed by atoms with van der Waals surface area (Å²) in [4.78, 5) is 35.7. The second-order valence-electron chi connectivity index (χ2n) is 11.2. The fourth-order valence-corrected chi connectivity index (χ4v) is 4.99. The Bertz CT molecular complexity index is 1780. The third-order valence-corrected chi connectivity index (χ3v) is 7.21. The van der Waals surface area contributed by atoms with E-state index in [9.17, 15) is 9.59 Å². The molecule has 4 N–H and O–H groups in total. The monoisotopic (exact) mass is 552 g/mol. The van der Waals surface area contributed by atoms with Gasteiger partial charge in [0.2, 0.25) is 5.95 Å². The number of hydrogen-bond donors (Lipinski definition) is 4. The summed E-state index contributed by atoms with van der Waals surface area (Å²) in [5.41, 5.74) is 3.63. The molecule has 11 nitrogen and oxygen atoms in total. The molecule has 1 aliphatic heterocycles. The van der Waals surface area contributed by atoms with Gasteiger partial charge in [-0.05, 0) is 54.2 Å². The number of amides is 2. The van der Waals surface area contributed by atoms with Crippen LogP contribution >= 0.6 is 0 Å². The Balaban J connectivity index is 1.30. The summed E-state index contributed by atoms with van der Waals surface area (Å²) in [5, 5.41) is 17.0. The molecule has 1 saturated heterocycles. The first-order chi connectivity index (χ1) is 19.8. The minimum absolute atomic E-state index is 0.0229. The number of fused-ring (bicyclic) bond motifs is 3. The lowest BCUT2D eigenvalue weighted by molar-refractivity contribution is 0.120. The van der Waals surface area contributed by atoms with Crippen LogP contribution < -0.4 is 21.5 Å². The quantitative estimate of drug-likeness (QED) is 0.227. The first-order valence-electron chi connectivity index (χ1n) is 13.7. The van der Waals surface area contributed by atoms with Crippen LogP contribution in [0.3, 0.4) is 0 Å². The van der Waals surface area contributed by atoms with Crippen molar-refractivity contribution in [1.29, 1.82) is 0 Å². The summed E-state index contributed by atoms with van der Waals surface area (Å²) in [6, 6.07) is 14.4. The van der Waals surface area contributed by atoms with Crippen molar-refractivity contribution in [2.24, 2.45) is 0 Å². The second kappa shape index (κ2) is 10.7. The number of aromatic amines is 1. The van der Waals surface area contributed by atoms with E-state index in [1.54, 1.807) is 30.5 Å². The van der Waals surface area contributed by atoms with Crippen LogP contribution in [-0.2, 0) is 10.2 Å². The van der Waals surface area contributed by atoms with Gasteiger partial charge in [0.15, 0.2) is 5.65 Å². The van der Waals surface area contributed by atoms with E-state index >= 15 is 0 Å². The summed E-state index contributed by atoms with van der Waals surface area (Å²) in [7, 11) is 0. The third-order valence-electron chi connectivity index (χ3n) is 7.21. The number of rotatable bonds is 6. The molecule has 41 heavy (non-hydrogen) atoms. The van der Waals surface area contributed by atoms with Crippen molar-refractivity contribution in [3.8, 4) is 5.69 Å². The maximum Gasteiger partial charge on any atom is 0.323 e. The second-order valence-corrected chi connectivity index (χ2v) is 11.2. The number of H-pyrrole nitrogens is 1. The number of aromatic nitrogens is 5. The Labute approximate surface area is 236 Å². The minimum Gasteiger partial charge on any atom is -0.376 e. The molecule has 4 heterocycles. The van der Waals surface area contributed by atoms with Crippen LogP contribution in [0.5, 0.6) is 0 Å². The van der Waals surface area contributed by atoms with Gasteiger partial charge in [-0.2, -0.15) is 10.1 Å². The van der Waals surface area contributed by atoms with Crippen molar-refractivity contribution in [2.45, 2.75) is 45.1 Å². The van der Waals surface area contributed by atoms with Gasteiger partial charge in [-0.1, -0.05) is 39.0 Å². The molecule has 0 bridgehead atoms. The maximum absolute atomic E-state index is 13.7. The molecule has 0 spiro atoms. The van der Waals surface area contributed by atoms with Crippen molar-refractivity contribution >= 4 is 45.3 Å². The van der Waals surface area contributed by atoms with E-state index in [1.807, 2.05) is 24.3 Å². The first kappa shape index (κ1) is 26.5. The lowest BCUT2D eigenvalue weighted by Gasteiger charge is -2.19. The van der Waals surface area contributed by atoms with E-state index in [0.717, 1.165) is 19.4 Å². The Kier molecular flexibility index (Phi) is 6.88. The average Bonchev–Trinajstić information content (AvgIpc) is 3.65. The molecule has 2 amide bonds. The zero-order chi connectivity index (χ0) is 28.6. The van der Waals surface area contributed by atoms with E-state index < -0.39 is 6.03 Å². The summed E-state index contributed by atoms with van der Waals surface area (Å²) < 4.78 is 7.21. The number of nitrogens with zero attached hydrogens (tertiary/aromatic N) is 4. The highest BCUT2D eigenvalue weighted by Gasteiger charge is 2.19. The van der Waals surface area contributed by atoms with Gasteiger partial charge in [0.05, 0.1) is 34.3 Å². The molecule has 210 valence electrons. The van der Waals surface area contributed by atoms with E-state index in [1.165, 1.54) is 16.3 Å². The largest absolute Gasteiger partial charge is 0.376 e. The normalized spacial score (nSPS) is 15.3. The number of hydrogen-bond acceptors (Lipinski definition) is 7. The molecule has 0 radical (unpaired) electrons. The number of carbonyl (C=O) groups excluding carboxylic acids is 1. The molecule has 0 saturated carbocycles. The smallest absolute Gasteiger partial charge is 0.323 e. The van der Waals surface area contributed by atoms with Crippen molar-refractivity contribution in [2.75, 3.05) is 29.1 Å².